The van der Waals surface area contributed by atoms with Crippen molar-refractivity contribution in [1.29, 1.82) is 0 Å². The third kappa shape index (κ3) is 4.81. The van der Waals surface area contributed by atoms with Crippen molar-refractivity contribution in [1.82, 2.24) is 0 Å². The van der Waals surface area contributed by atoms with Gasteiger partial charge in [-0.15, -0.1) is 0 Å². The van der Waals surface area contributed by atoms with Crippen molar-refractivity contribution >= 4 is 44.9 Å². The van der Waals surface area contributed by atoms with Crippen LogP contribution < -0.4 is 10.1 Å². The van der Waals surface area contributed by atoms with Crippen LogP contribution in [-0.4, -0.2) is 18.3 Å². The van der Waals surface area contributed by atoms with Crippen molar-refractivity contribution < 1.29 is 14.3 Å². The molecule has 4 nitrogen and oxygen atoms in total. The van der Waals surface area contributed by atoms with E-state index in [2.05, 4.69) is 21.2 Å². The highest BCUT2D eigenvalue weighted by atomic mass is 79.9. The van der Waals surface area contributed by atoms with E-state index in [9.17, 15) is 9.59 Å². The average Bonchev–Trinajstić information content (AvgIpc) is 2.49. The van der Waals surface area contributed by atoms with Crippen molar-refractivity contribution in [2.75, 3.05) is 11.9 Å². The van der Waals surface area contributed by atoms with Crippen LogP contribution in [0.5, 0.6) is 5.75 Å². The number of hydrogen-bond donors (Lipinski definition) is 1. The first-order valence-corrected chi connectivity index (χ1v) is 8.03. The summed E-state index contributed by atoms with van der Waals surface area (Å²) < 4.78 is 6.35. The van der Waals surface area contributed by atoms with Gasteiger partial charge in [0.25, 0.3) is 5.91 Å². The molecule has 2 aromatic carbocycles. The molecule has 0 spiro atoms. The summed E-state index contributed by atoms with van der Waals surface area (Å²) in [5.74, 6) is -0.155. The number of amides is 1. The molecule has 0 radical (unpaired) electrons. The maximum Gasteiger partial charge on any atom is 0.262 e. The molecule has 0 aliphatic carbocycles. The van der Waals surface area contributed by atoms with Crippen molar-refractivity contribution in [2.24, 2.45) is 0 Å². The Balaban J connectivity index is 2.02. The van der Waals surface area contributed by atoms with Gasteiger partial charge in [-0.25, -0.2) is 0 Å². The highest BCUT2D eigenvalue weighted by Gasteiger charge is 2.11. The lowest BCUT2D eigenvalue weighted by molar-refractivity contribution is -0.118. The van der Waals surface area contributed by atoms with Crippen LogP contribution in [0.25, 0.3) is 0 Å². The van der Waals surface area contributed by atoms with Gasteiger partial charge in [0.1, 0.15) is 5.75 Å². The molecule has 0 saturated carbocycles. The van der Waals surface area contributed by atoms with E-state index in [0.717, 1.165) is 10.0 Å². The molecule has 0 aromatic heterocycles. The van der Waals surface area contributed by atoms with Gasteiger partial charge >= 0.3 is 0 Å². The summed E-state index contributed by atoms with van der Waals surface area (Å²) in [6.45, 7) is 3.18. The maximum atomic E-state index is 12.0. The lowest BCUT2D eigenvalue weighted by Gasteiger charge is -2.11. The Labute approximate surface area is 147 Å². The van der Waals surface area contributed by atoms with Gasteiger partial charge in [-0.1, -0.05) is 33.6 Å². The van der Waals surface area contributed by atoms with E-state index in [-0.39, 0.29) is 18.3 Å². The molecule has 120 valence electrons. The van der Waals surface area contributed by atoms with E-state index < -0.39 is 0 Å². The fourth-order valence-electron chi connectivity index (χ4n) is 1.91. The van der Waals surface area contributed by atoms with E-state index in [0.29, 0.717) is 22.0 Å². The molecule has 6 heteroatoms. The number of hydrogen-bond acceptors (Lipinski definition) is 3. The SMILES string of the molecule is CC(=O)c1cc(Cl)ccc1OCC(=O)Nc1ccc(C)c(Br)c1. The monoisotopic (exact) mass is 395 g/mol. The minimum atomic E-state index is -0.315. The summed E-state index contributed by atoms with van der Waals surface area (Å²) in [5.41, 5.74) is 2.09. The van der Waals surface area contributed by atoms with Gasteiger partial charge < -0.3 is 10.1 Å². The topological polar surface area (TPSA) is 55.4 Å². The number of nitrogens with one attached hydrogen (secondary N) is 1. The van der Waals surface area contributed by atoms with Gasteiger partial charge in [-0.3, -0.25) is 9.59 Å². The van der Waals surface area contributed by atoms with Gasteiger partial charge in [-0.05, 0) is 49.7 Å². The first-order valence-electron chi connectivity index (χ1n) is 6.86. The lowest BCUT2D eigenvalue weighted by atomic mass is 10.1. The number of benzene rings is 2. The van der Waals surface area contributed by atoms with E-state index in [4.69, 9.17) is 16.3 Å². The first kappa shape index (κ1) is 17.5. The van der Waals surface area contributed by atoms with Crippen molar-refractivity contribution in [2.45, 2.75) is 13.8 Å². The average molecular weight is 397 g/mol. The Kier molecular flexibility index (Phi) is 5.80. The van der Waals surface area contributed by atoms with Gasteiger partial charge in [0, 0.05) is 15.2 Å². The van der Waals surface area contributed by atoms with Gasteiger partial charge in [0.05, 0.1) is 5.56 Å². The molecule has 23 heavy (non-hydrogen) atoms. The van der Waals surface area contributed by atoms with E-state index in [1.54, 1.807) is 18.2 Å². The molecule has 2 aromatic rings. The Morgan fingerprint density at radius 1 is 1.22 bits per heavy atom. The summed E-state index contributed by atoms with van der Waals surface area (Å²) in [5, 5.41) is 3.18. The zero-order valence-electron chi connectivity index (χ0n) is 12.7. The Morgan fingerprint density at radius 2 is 1.96 bits per heavy atom. The lowest BCUT2D eigenvalue weighted by Crippen LogP contribution is -2.20. The number of halogens is 2. The summed E-state index contributed by atoms with van der Waals surface area (Å²) >= 11 is 9.28. The van der Waals surface area contributed by atoms with Crippen LogP contribution >= 0.6 is 27.5 Å². The quantitative estimate of drug-likeness (QED) is 0.750. The minimum absolute atomic E-state index is 0.176. The number of carbonyl (C=O) groups excluding carboxylic acids is 2. The second-order valence-corrected chi connectivity index (χ2v) is 6.29. The number of Topliss-reactive ketones (excluding diaryl/α,β-unsaturated/α-hetero) is 1. The van der Waals surface area contributed by atoms with Crippen LogP contribution in [0, 0.1) is 6.92 Å². The molecule has 1 N–H and O–H groups in total. The molecular weight excluding hydrogens is 382 g/mol. The smallest absolute Gasteiger partial charge is 0.262 e. The van der Waals surface area contributed by atoms with E-state index >= 15 is 0 Å². The standard InChI is InChI=1S/C17H15BrClNO3/c1-10-3-5-13(8-15(10)18)20-17(22)9-23-16-6-4-12(19)7-14(16)11(2)21/h3-8H,9H2,1-2H3,(H,20,22). The maximum absolute atomic E-state index is 12.0. The van der Waals surface area contributed by atoms with Crippen LogP contribution in [0.4, 0.5) is 5.69 Å². The van der Waals surface area contributed by atoms with Crippen molar-refractivity contribution in [3.8, 4) is 5.75 Å². The third-order valence-electron chi connectivity index (χ3n) is 3.14. The molecule has 2 rings (SSSR count). The second kappa shape index (κ2) is 7.62. The molecular formula is C17H15BrClNO3. The largest absolute Gasteiger partial charge is 0.483 e. The van der Waals surface area contributed by atoms with Crippen LogP contribution in [0.1, 0.15) is 22.8 Å². The number of ether oxygens (including phenoxy) is 1. The normalized spacial score (nSPS) is 10.3. The predicted molar refractivity (Wildman–Crippen MR) is 94.5 cm³/mol. The Bertz CT molecular complexity index is 761. The molecule has 0 bridgehead atoms. The number of ketones is 1. The zero-order chi connectivity index (χ0) is 17.0. The third-order valence-corrected chi connectivity index (χ3v) is 4.22. The second-order valence-electron chi connectivity index (χ2n) is 5.00. The number of anilines is 1. The van der Waals surface area contributed by atoms with Gasteiger partial charge in [-0.2, -0.15) is 0 Å². The molecule has 0 saturated heterocycles. The molecule has 1 amide bonds. The summed E-state index contributed by atoms with van der Waals surface area (Å²) in [6, 6.07) is 10.2. The first-order chi connectivity index (χ1) is 10.9. The fraction of sp³-hybridized carbons (Fsp3) is 0.176. The Hall–Kier alpha value is -1.85. The highest BCUT2D eigenvalue weighted by Crippen LogP contribution is 2.24. The summed E-state index contributed by atoms with van der Waals surface area (Å²) in [6.07, 6.45) is 0. The number of rotatable bonds is 5. The van der Waals surface area contributed by atoms with Crippen molar-refractivity contribution in [3.05, 3.63) is 57.0 Å². The van der Waals surface area contributed by atoms with Gasteiger partial charge in [0.15, 0.2) is 12.4 Å². The molecule has 0 atom stereocenters. The number of aryl methyl sites for hydroxylation is 1. The fourth-order valence-corrected chi connectivity index (χ4v) is 2.47. The van der Waals surface area contributed by atoms with E-state index in [1.165, 1.54) is 13.0 Å². The molecule has 0 fully saturated rings. The van der Waals surface area contributed by atoms with Crippen LogP contribution in [-0.2, 0) is 4.79 Å². The van der Waals surface area contributed by atoms with Crippen LogP contribution in [0.15, 0.2) is 40.9 Å². The predicted octanol–water partition coefficient (Wildman–Crippen LogP) is 4.63. The molecule has 0 heterocycles. The number of carbonyl (C=O) groups is 2. The summed E-state index contributed by atoms with van der Waals surface area (Å²) in [7, 11) is 0. The van der Waals surface area contributed by atoms with Crippen LogP contribution in [0.2, 0.25) is 5.02 Å². The minimum Gasteiger partial charge on any atom is -0.483 e. The van der Waals surface area contributed by atoms with E-state index in [1.807, 2.05) is 19.1 Å². The Morgan fingerprint density at radius 3 is 2.61 bits per heavy atom. The molecule has 0 unspecified atom stereocenters. The summed E-state index contributed by atoms with van der Waals surface area (Å²) in [4.78, 5) is 23.5. The molecule has 0 aliphatic heterocycles. The highest BCUT2D eigenvalue weighted by molar-refractivity contribution is 9.10. The van der Waals surface area contributed by atoms with Crippen molar-refractivity contribution in [3.63, 3.8) is 0 Å². The zero-order valence-corrected chi connectivity index (χ0v) is 15.0. The van der Waals surface area contributed by atoms with Crippen LogP contribution in [0.3, 0.4) is 0 Å². The van der Waals surface area contributed by atoms with Gasteiger partial charge in [0.2, 0.25) is 0 Å². The molecule has 0 aliphatic rings.